The number of aromatic nitrogens is 1. The Hall–Kier alpha value is -3.10. The molecular formula is C24H27ClN4O3S. The van der Waals surface area contributed by atoms with E-state index in [9.17, 15) is 13.2 Å². The molecule has 0 radical (unpaired) electrons. The van der Waals surface area contributed by atoms with Gasteiger partial charge in [-0.1, -0.05) is 29.8 Å². The second kappa shape index (κ2) is 9.80. The largest absolute Gasteiger partial charge is 0.318 e. The summed E-state index contributed by atoms with van der Waals surface area (Å²) >= 11 is 6.03. The summed E-state index contributed by atoms with van der Waals surface area (Å²) in [6, 6.07) is 15.1. The predicted molar refractivity (Wildman–Crippen MR) is 134 cm³/mol. The van der Waals surface area contributed by atoms with E-state index in [4.69, 9.17) is 11.6 Å². The van der Waals surface area contributed by atoms with Crippen molar-refractivity contribution in [2.75, 3.05) is 17.1 Å². The molecule has 0 saturated heterocycles. The van der Waals surface area contributed by atoms with Crippen LogP contribution < -0.4 is 9.73 Å². The van der Waals surface area contributed by atoms with Gasteiger partial charge in [0.2, 0.25) is 10.0 Å². The Labute approximate surface area is 199 Å². The molecule has 3 rings (SSSR count). The van der Waals surface area contributed by atoms with Crippen molar-refractivity contribution in [3.05, 3.63) is 81.6 Å². The molecular weight excluding hydrogens is 460 g/mol. The van der Waals surface area contributed by atoms with E-state index >= 15 is 0 Å². The number of hydrazone groups is 1. The molecule has 0 aliphatic carbocycles. The molecule has 0 atom stereocenters. The third-order valence-electron chi connectivity index (χ3n) is 5.25. The fourth-order valence-corrected chi connectivity index (χ4v) is 4.73. The number of carbonyl (C=O) groups excluding carboxylic acids is 1. The predicted octanol–water partition coefficient (Wildman–Crippen LogP) is 4.28. The van der Waals surface area contributed by atoms with Crippen LogP contribution in [0, 0.1) is 27.7 Å². The number of nitrogens with zero attached hydrogens (tertiary/aromatic N) is 3. The van der Waals surface area contributed by atoms with Crippen molar-refractivity contribution < 1.29 is 13.2 Å². The molecule has 1 N–H and O–H groups in total. The smallest absolute Gasteiger partial charge is 0.260 e. The number of hydrogen-bond donors (Lipinski definition) is 1. The zero-order chi connectivity index (χ0) is 24.3. The van der Waals surface area contributed by atoms with Gasteiger partial charge in [-0.15, -0.1) is 0 Å². The first kappa shape index (κ1) is 24.5. The minimum absolute atomic E-state index is 0.353. The van der Waals surface area contributed by atoms with Gasteiger partial charge in [-0.25, -0.2) is 13.8 Å². The second-order valence-corrected chi connectivity index (χ2v) is 10.3. The first-order chi connectivity index (χ1) is 15.5. The molecule has 2 aromatic carbocycles. The minimum Gasteiger partial charge on any atom is -0.318 e. The van der Waals surface area contributed by atoms with E-state index in [0.717, 1.165) is 38.8 Å². The molecule has 7 nitrogen and oxygen atoms in total. The van der Waals surface area contributed by atoms with Crippen molar-refractivity contribution in [2.45, 2.75) is 27.7 Å². The van der Waals surface area contributed by atoms with Crippen molar-refractivity contribution in [1.29, 1.82) is 0 Å². The first-order valence-corrected chi connectivity index (χ1v) is 12.5. The highest BCUT2D eigenvalue weighted by Crippen LogP contribution is 2.26. The average Bonchev–Trinajstić information content (AvgIpc) is 3.00. The Kier molecular flexibility index (Phi) is 7.29. The summed E-state index contributed by atoms with van der Waals surface area (Å²) in [7, 11) is -3.71. The van der Waals surface area contributed by atoms with Crippen LogP contribution in [-0.4, -0.2) is 37.9 Å². The monoisotopic (exact) mass is 486 g/mol. The number of anilines is 1. The molecule has 33 heavy (non-hydrogen) atoms. The Balaban J connectivity index is 1.77. The van der Waals surface area contributed by atoms with E-state index < -0.39 is 22.5 Å². The second-order valence-electron chi connectivity index (χ2n) is 7.99. The molecule has 0 unspecified atom stereocenters. The quantitative estimate of drug-likeness (QED) is 0.399. The van der Waals surface area contributed by atoms with Crippen molar-refractivity contribution in [2.24, 2.45) is 5.10 Å². The van der Waals surface area contributed by atoms with Crippen molar-refractivity contribution in [3.8, 4) is 5.69 Å². The van der Waals surface area contributed by atoms with Gasteiger partial charge in [0.05, 0.1) is 18.2 Å². The maximum atomic E-state index is 12.5. The number of nitrogens with one attached hydrogen (secondary N) is 1. The van der Waals surface area contributed by atoms with Crippen LogP contribution in [0.5, 0.6) is 0 Å². The molecule has 0 saturated carbocycles. The van der Waals surface area contributed by atoms with E-state index in [1.165, 1.54) is 6.07 Å². The van der Waals surface area contributed by atoms with Gasteiger partial charge in [0.15, 0.2) is 0 Å². The van der Waals surface area contributed by atoms with Crippen LogP contribution in [0.2, 0.25) is 5.02 Å². The topological polar surface area (TPSA) is 83.8 Å². The molecule has 3 aromatic rings. The fraction of sp³-hybridized carbons (Fsp3) is 0.250. The normalized spacial score (nSPS) is 11.7. The van der Waals surface area contributed by atoms with E-state index in [0.29, 0.717) is 16.3 Å². The minimum atomic E-state index is -3.71. The van der Waals surface area contributed by atoms with Gasteiger partial charge in [-0.2, -0.15) is 5.10 Å². The maximum absolute atomic E-state index is 12.5. The number of hydrogen-bond acceptors (Lipinski definition) is 4. The summed E-state index contributed by atoms with van der Waals surface area (Å²) in [6.45, 7) is 7.36. The van der Waals surface area contributed by atoms with E-state index in [1.54, 1.807) is 25.3 Å². The molecule has 0 spiro atoms. The van der Waals surface area contributed by atoms with Crippen molar-refractivity contribution in [3.63, 3.8) is 0 Å². The standard InChI is InChI=1S/C24H27ClN4O3S/c1-16-7-6-8-22(11-16)29-18(3)12-20(19(29)4)14-26-27-24(30)15-28(33(5,31)32)23-13-21(25)10-9-17(23)2/h6-14H,15H2,1-5H3,(H,27,30)/b26-14-. The summed E-state index contributed by atoms with van der Waals surface area (Å²) in [5.41, 5.74) is 8.53. The maximum Gasteiger partial charge on any atom is 0.260 e. The molecule has 1 aromatic heterocycles. The van der Waals surface area contributed by atoms with Gasteiger partial charge in [0, 0.05) is 27.7 Å². The van der Waals surface area contributed by atoms with E-state index in [1.807, 2.05) is 45.0 Å². The van der Waals surface area contributed by atoms with Gasteiger partial charge < -0.3 is 4.57 Å². The number of rotatable bonds is 7. The van der Waals surface area contributed by atoms with Crippen molar-refractivity contribution in [1.82, 2.24) is 9.99 Å². The zero-order valence-electron chi connectivity index (χ0n) is 19.3. The number of halogens is 1. The summed E-state index contributed by atoms with van der Waals surface area (Å²) in [4.78, 5) is 12.5. The number of amides is 1. The number of benzene rings is 2. The van der Waals surface area contributed by atoms with Crippen LogP contribution >= 0.6 is 11.6 Å². The lowest BCUT2D eigenvalue weighted by molar-refractivity contribution is -0.119. The fourth-order valence-electron chi connectivity index (χ4n) is 3.65. The number of aryl methyl sites for hydroxylation is 3. The molecule has 9 heteroatoms. The summed E-state index contributed by atoms with van der Waals surface area (Å²) in [6.07, 6.45) is 2.60. The summed E-state index contributed by atoms with van der Waals surface area (Å²) in [5.74, 6) is -0.566. The van der Waals surface area contributed by atoms with E-state index in [-0.39, 0.29) is 0 Å². The van der Waals surface area contributed by atoms with Crippen LogP contribution in [0.3, 0.4) is 0 Å². The SMILES string of the molecule is Cc1cccc(-n2c(C)cc(/C=N\NC(=O)CN(c3cc(Cl)ccc3C)S(C)(=O)=O)c2C)c1. The molecule has 0 aliphatic heterocycles. The third-order valence-corrected chi connectivity index (χ3v) is 6.61. The molecule has 174 valence electrons. The first-order valence-electron chi connectivity index (χ1n) is 10.3. The highest BCUT2D eigenvalue weighted by atomic mass is 35.5. The number of sulfonamides is 1. The van der Waals surface area contributed by atoms with Crippen molar-refractivity contribution >= 4 is 39.4 Å². The van der Waals surface area contributed by atoms with Gasteiger partial charge in [-0.3, -0.25) is 9.10 Å². The lowest BCUT2D eigenvalue weighted by Crippen LogP contribution is -2.39. The molecule has 0 bridgehead atoms. The molecule has 1 amide bonds. The third kappa shape index (κ3) is 5.83. The van der Waals surface area contributed by atoms with Gasteiger partial charge in [0.1, 0.15) is 6.54 Å². The Morgan fingerprint density at radius 2 is 1.85 bits per heavy atom. The van der Waals surface area contributed by atoms with Crippen LogP contribution in [0.15, 0.2) is 53.6 Å². The van der Waals surface area contributed by atoms with Gasteiger partial charge >= 0.3 is 0 Å². The van der Waals surface area contributed by atoms with Gasteiger partial charge in [-0.05, 0) is 69.2 Å². The average molecular weight is 487 g/mol. The zero-order valence-corrected chi connectivity index (χ0v) is 20.8. The molecule has 0 aliphatic rings. The van der Waals surface area contributed by atoms with Crippen LogP contribution in [0.25, 0.3) is 5.69 Å². The highest BCUT2D eigenvalue weighted by molar-refractivity contribution is 7.92. The number of carbonyl (C=O) groups is 1. The Bertz CT molecular complexity index is 1330. The van der Waals surface area contributed by atoms with Crippen LogP contribution in [0.1, 0.15) is 28.1 Å². The lowest BCUT2D eigenvalue weighted by Gasteiger charge is -2.23. The van der Waals surface area contributed by atoms with E-state index in [2.05, 4.69) is 21.2 Å². The molecule has 0 fully saturated rings. The van der Waals surface area contributed by atoms with Crippen LogP contribution in [0.4, 0.5) is 5.69 Å². The van der Waals surface area contributed by atoms with Crippen LogP contribution in [-0.2, 0) is 14.8 Å². The molecule has 1 heterocycles. The summed E-state index contributed by atoms with van der Waals surface area (Å²) < 4.78 is 27.8. The Morgan fingerprint density at radius 1 is 1.12 bits per heavy atom. The van der Waals surface area contributed by atoms with Gasteiger partial charge in [0.25, 0.3) is 5.91 Å². The lowest BCUT2D eigenvalue weighted by atomic mass is 10.2. The summed E-state index contributed by atoms with van der Waals surface area (Å²) in [5, 5.41) is 4.43. The Morgan fingerprint density at radius 3 is 2.52 bits per heavy atom. The highest BCUT2D eigenvalue weighted by Gasteiger charge is 2.22.